The topological polar surface area (TPSA) is 80.4 Å². The number of thioether (sulfide) groups is 2. The Morgan fingerprint density at radius 1 is 1.07 bits per heavy atom. The van der Waals surface area contributed by atoms with Crippen LogP contribution in [0.25, 0.3) is 0 Å². The number of hydrogen-bond donors (Lipinski definition) is 1. The minimum Gasteiger partial charge on any atom is -0.481 e. The largest absolute Gasteiger partial charge is 0.481 e. The van der Waals surface area contributed by atoms with Crippen molar-refractivity contribution < 1.29 is 14.8 Å². The molecule has 0 amide bonds. The van der Waals surface area contributed by atoms with E-state index in [1.165, 1.54) is 11.8 Å². The summed E-state index contributed by atoms with van der Waals surface area (Å²) in [7, 11) is 0. The van der Waals surface area contributed by atoms with Crippen molar-refractivity contribution in [3.63, 3.8) is 0 Å². The summed E-state index contributed by atoms with van der Waals surface area (Å²) in [5.74, 6) is -0.646. The highest BCUT2D eigenvalue weighted by Crippen LogP contribution is 2.45. The molecule has 162 valence electrons. The van der Waals surface area contributed by atoms with Crippen molar-refractivity contribution in [3.05, 3.63) is 33.4 Å². The summed E-state index contributed by atoms with van der Waals surface area (Å²) in [5, 5.41) is 21.7. The Balaban J connectivity index is 2.46. The van der Waals surface area contributed by atoms with Crippen LogP contribution in [-0.2, 0) is 15.6 Å². The molecule has 0 radical (unpaired) electrons. The Kier molecular flexibility index (Phi) is 7.71. The van der Waals surface area contributed by atoms with Crippen LogP contribution in [0.3, 0.4) is 0 Å². The van der Waals surface area contributed by atoms with Crippen molar-refractivity contribution in [2.24, 2.45) is 0 Å². The summed E-state index contributed by atoms with van der Waals surface area (Å²) >= 11 is 3.30. The maximum atomic E-state index is 12.0. The monoisotopic (exact) mass is 439 g/mol. The third kappa shape index (κ3) is 6.38. The van der Waals surface area contributed by atoms with Crippen LogP contribution in [0.2, 0.25) is 0 Å². The molecule has 0 bridgehead atoms. The smallest absolute Gasteiger partial charge is 0.313 e. The first-order valence-corrected chi connectivity index (χ1v) is 12.1. The highest BCUT2D eigenvalue weighted by molar-refractivity contribution is 8.04. The zero-order valence-electron chi connectivity index (χ0n) is 18.3. The molecular formula is C22H33NO4S2. The van der Waals surface area contributed by atoms with Gasteiger partial charge in [-0.05, 0) is 35.8 Å². The first-order valence-electron chi connectivity index (χ1n) is 10.1. The molecule has 0 heterocycles. The second-order valence-corrected chi connectivity index (χ2v) is 12.3. The maximum Gasteiger partial charge on any atom is 0.313 e. The Labute approximate surface area is 182 Å². The number of carbonyl (C=O) groups is 1. The van der Waals surface area contributed by atoms with E-state index in [0.29, 0.717) is 10.5 Å². The molecule has 1 saturated carbocycles. The van der Waals surface area contributed by atoms with Gasteiger partial charge in [-0.2, -0.15) is 0 Å². The van der Waals surface area contributed by atoms with Gasteiger partial charge in [0.25, 0.3) is 5.69 Å². The molecular weight excluding hydrogens is 406 g/mol. The first kappa shape index (κ1) is 24.1. The molecule has 2 rings (SSSR count). The number of nitro benzene ring substituents is 1. The maximum absolute atomic E-state index is 12.0. The average molecular weight is 440 g/mol. The molecule has 5 nitrogen and oxygen atoms in total. The standard InChI is InChI=1S/C22H33NO4S2/c1-21(2,3)15-11-14(12-16(22(4,5)6)20(15)23(26)27)29-18-10-8-7-9-17(18)28-13-19(24)25/h11-12,17-18H,7-10,13H2,1-6H3,(H,24,25). The van der Waals surface area contributed by atoms with Crippen molar-refractivity contribution in [1.82, 2.24) is 0 Å². The quantitative estimate of drug-likeness (QED) is 0.407. The highest BCUT2D eigenvalue weighted by atomic mass is 32.2. The van der Waals surface area contributed by atoms with E-state index in [2.05, 4.69) is 0 Å². The molecule has 0 spiro atoms. The fraction of sp³-hybridized carbons (Fsp3) is 0.682. The van der Waals surface area contributed by atoms with Crippen LogP contribution in [0.4, 0.5) is 5.69 Å². The molecule has 2 unspecified atom stereocenters. The lowest BCUT2D eigenvalue weighted by molar-refractivity contribution is -0.387. The number of nitro groups is 1. The first-order chi connectivity index (χ1) is 13.3. The summed E-state index contributed by atoms with van der Waals surface area (Å²) < 4.78 is 0. The number of hydrogen-bond acceptors (Lipinski definition) is 5. The number of nitrogens with zero attached hydrogens (tertiary/aromatic N) is 1. The van der Waals surface area contributed by atoms with Crippen molar-refractivity contribution in [2.75, 3.05) is 5.75 Å². The number of rotatable bonds is 6. The van der Waals surface area contributed by atoms with Crippen LogP contribution in [0.15, 0.2) is 17.0 Å². The van der Waals surface area contributed by atoms with Crippen molar-refractivity contribution in [2.45, 2.75) is 93.5 Å². The van der Waals surface area contributed by atoms with Crippen LogP contribution in [0, 0.1) is 10.1 Å². The summed E-state index contributed by atoms with van der Waals surface area (Å²) in [6.07, 6.45) is 4.36. The van der Waals surface area contributed by atoms with E-state index >= 15 is 0 Å². The van der Waals surface area contributed by atoms with E-state index in [1.807, 2.05) is 53.7 Å². The number of carboxylic acid groups (broad SMARTS) is 1. The average Bonchev–Trinajstić information content (AvgIpc) is 2.58. The zero-order chi connectivity index (χ0) is 22.0. The van der Waals surface area contributed by atoms with Crippen LogP contribution in [0.1, 0.15) is 78.4 Å². The predicted molar refractivity (Wildman–Crippen MR) is 122 cm³/mol. The minimum absolute atomic E-state index is 0.127. The molecule has 1 aromatic rings. The number of benzene rings is 1. The van der Waals surface area contributed by atoms with Crippen LogP contribution < -0.4 is 0 Å². The Morgan fingerprint density at radius 2 is 1.55 bits per heavy atom. The van der Waals surface area contributed by atoms with E-state index in [1.54, 1.807) is 11.8 Å². The minimum atomic E-state index is -0.773. The third-order valence-corrected chi connectivity index (χ3v) is 8.19. The lowest BCUT2D eigenvalue weighted by Gasteiger charge is -2.31. The van der Waals surface area contributed by atoms with Crippen LogP contribution in [0.5, 0.6) is 0 Å². The van der Waals surface area contributed by atoms with Gasteiger partial charge in [-0.25, -0.2) is 0 Å². The highest BCUT2D eigenvalue weighted by Gasteiger charge is 2.35. The summed E-state index contributed by atoms with van der Waals surface area (Å²) in [6.45, 7) is 12.1. The lowest BCUT2D eigenvalue weighted by atomic mass is 9.79. The van der Waals surface area contributed by atoms with Gasteiger partial charge in [0.15, 0.2) is 0 Å². The fourth-order valence-corrected chi connectivity index (χ4v) is 6.49. The fourth-order valence-electron chi connectivity index (χ4n) is 3.76. The molecule has 0 saturated heterocycles. The Hall–Kier alpha value is -1.21. The molecule has 29 heavy (non-hydrogen) atoms. The van der Waals surface area contributed by atoms with Crippen molar-refractivity contribution in [3.8, 4) is 0 Å². The van der Waals surface area contributed by atoms with Gasteiger partial charge in [-0.15, -0.1) is 23.5 Å². The molecule has 1 aliphatic rings. The van der Waals surface area contributed by atoms with E-state index in [-0.39, 0.29) is 27.2 Å². The van der Waals surface area contributed by atoms with Gasteiger partial charge in [0.2, 0.25) is 0 Å². The van der Waals surface area contributed by atoms with Gasteiger partial charge in [0.05, 0.1) is 10.7 Å². The van der Waals surface area contributed by atoms with E-state index in [9.17, 15) is 14.9 Å². The summed E-state index contributed by atoms with van der Waals surface area (Å²) in [5.41, 5.74) is 1.08. The van der Waals surface area contributed by atoms with Gasteiger partial charge in [0, 0.05) is 26.5 Å². The molecule has 1 aliphatic carbocycles. The Morgan fingerprint density at radius 3 is 1.97 bits per heavy atom. The van der Waals surface area contributed by atoms with Crippen LogP contribution >= 0.6 is 23.5 Å². The number of carboxylic acids is 1. The summed E-state index contributed by atoms with van der Waals surface area (Å²) in [6, 6.07) is 3.98. The van der Waals surface area contributed by atoms with Gasteiger partial charge >= 0.3 is 5.97 Å². The zero-order valence-corrected chi connectivity index (χ0v) is 19.9. The van der Waals surface area contributed by atoms with E-state index in [0.717, 1.165) is 41.7 Å². The van der Waals surface area contributed by atoms with E-state index < -0.39 is 5.97 Å². The van der Waals surface area contributed by atoms with E-state index in [4.69, 9.17) is 5.11 Å². The molecule has 1 fully saturated rings. The van der Waals surface area contributed by atoms with Crippen molar-refractivity contribution in [1.29, 1.82) is 0 Å². The third-order valence-electron chi connectivity index (χ3n) is 5.23. The van der Waals surface area contributed by atoms with Gasteiger partial charge in [0.1, 0.15) is 0 Å². The second-order valence-electron chi connectivity index (χ2n) is 9.81. The second kappa shape index (κ2) is 9.29. The van der Waals surface area contributed by atoms with Gasteiger partial charge in [-0.3, -0.25) is 14.9 Å². The molecule has 1 N–H and O–H groups in total. The lowest BCUT2D eigenvalue weighted by Crippen LogP contribution is -2.26. The molecule has 7 heteroatoms. The molecule has 0 aliphatic heterocycles. The van der Waals surface area contributed by atoms with Gasteiger partial charge < -0.3 is 5.11 Å². The van der Waals surface area contributed by atoms with Gasteiger partial charge in [-0.1, -0.05) is 54.4 Å². The van der Waals surface area contributed by atoms with Crippen LogP contribution in [-0.4, -0.2) is 32.3 Å². The molecule has 1 aromatic carbocycles. The van der Waals surface area contributed by atoms with Crippen molar-refractivity contribution >= 4 is 35.2 Å². The predicted octanol–water partition coefficient (Wildman–Crippen LogP) is 6.41. The molecule has 0 aromatic heterocycles. The normalized spacial score (nSPS) is 20.5. The number of aliphatic carboxylic acids is 1. The summed E-state index contributed by atoms with van der Waals surface area (Å²) in [4.78, 5) is 23.8. The Bertz CT molecular complexity index is 730. The molecule has 2 atom stereocenters. The SMILES string of the molecule is CC(C)(C)c1cc(SC2CCCCC2SCC(=O)O)cc(C(C)(C)C)c1[N+](=O)[O-].